The van der Waals surface area contributed by atoms with Crippen molar-refractivity contribution < 1.29 is 9.53 Å². The van der Waals surface area contributed by atoms with Crippen molar-refractivity contribution in [3.05, 3.63) is 0 Å². The van der Waals surface area contributed by atoms with Crippen molar-refractivity contribution in [2.24, 2.45) is 0 Å². The number of rotatable bonds is 6. The predicted octanol–water partition coefficient (Wildman–Crippen LogP) is 1.20. The molecule has 2 saturated heterocycles. The molecule has 4 nitrogen and oxygen atoms in total. The molecule has 4 heteroatoms. The van der Waals surface area contributed by atoms with Crippen LogP contribution in [0, 0.1) is 0 Å². The summed E-state index contributed by atoms with van der Waals surface area (Å²) in [6.07, 6.45) is 6.35. The molecule has 2 N–H and O–H groups in total. The van der Waals surface area contributed by atoms with Gasteiger partial charge in [-0.2, -0.15) is 0 Å². The number of fused-ring (bicyclic) bond motifs is 2. The van der Waals surface area contributed by atoms with Crippen LogP contribution in [-0.2, 0) is 9.53 Å². The van der Waals surface area contributed by atoms with Gasteiger partial charge >= 0.3 is 0 Å². The van der Waals surface area contributed by atoms with Gasteiger partial charge in [0.25, 0.3) is 0 Å². The Balaban J connectivity index is 1.69. The highest BCUT2D eigenvalue weighted by Gasteiger charge is 2.41. The molecule has 17 heavy (non-hydrogen) atoms. The van der Waals surface area contributed by atoms with Gasteiger partial charge in [0.1, 0.15) is 0 Å². The van der Waals surface area contributed by atoms with Gasteiger partial charge in [-0.15, -0.1) is 0 Å². The number of carbonyl (C=O) groups excluding carboxylic acids is 1. The fourth-order valence-corrected chi connectivity index (χ4v) is 2.75. The van der Waals surface area contributed by atoms with E-state index in [2.05, 4.69) is 17.6 Å². The molecule has 0 aromatic rings. The van der Waals surface area contributed by atoms with Crippen LogP contribution >= 0.6 is 0 Å². The van der Waals surface area contributed by atoms with Crippen LogP contribution < -0.4 is 10.6 Å². The normalized spacial score (nSPS) is 32.7. The Labute approximate surface area is 103 Å². The number of amides is 1. The third-order valence-corrected chi connectivity index (χ3v) is 3.79. The van der Waals surface area contributed by atoms with Crippen LogP contribution in [0.3, 0.4) is 0 Å². The van der Waals surface area contributed by atoms with Crippen LogP contribution in [0.15, 0.2) is 0 Å². The average molecular weight is 240 g/mol. The molecule has 2 fully saturated rings. The Kier molecular flexibility index (Phi) is 4.40. The number of unbranched alkanes of at least 4 members (excludes halogenated alkanes) is 1. The largest absolute Gasteiger partial charge is 0.373 e. The summed E-state index contributed by atoms with van der Waals surface area (Å²) in [5, 5.41) is 6.36. The molecule has 2 aliphatic rings. The highest BCUT2D eigenvalue weighted by molar-refractivity contribution is 5.81. The summed E-state index contributed by atoms with van der Waals surface area (Å²) in [4.78, 5) is 11.8. The molecule has 4 atom stereocenters. The lowest BCUT2D eigenvalue weighted by molar-refractivity contribution is -0.123. The van der Waals surface area contributed by atoms with Crippen molar-refractivity contribution >= 4 is 5.91 Å². The maximum absolute atomic E-state index is 11.8. The molecule has 1 amide bonds. The number of nitrogens with one attached hydrogen (secondary N) is 2. The standard InChI is InChI=1S/C13H24N2O2/c1-3-4-7-14-13(16)9(2)15-11-8-10-5-6-12(11)17-10/h9-12,15H,3-8H2,1-2H3,(H,14,16). The predicted molar refractivity (Wildman–Crippen MR) is 66.8 cm³/mol. The second-order valence-electron chi connectivity index (χ2n) is 5.25. The third-order valence-electron chi connectivity index (χ3n) is 3.79. The van der Waals surface area contributed by atoms with E-state index in [1.165, 1.54) is 6.42 Å². The summed E-state index contributed by atoms with van der Waals surface area (Å²) in [5.74, 6) is 0.112. The van der Waals surface area contributed by atoms with Gasteiger partial charge in [0, 0.05) is 12.6 Å². The van der Waals surface area contributed by atoms with Gasteiger partial charge in [0.2, 0.25) is 5.91 Å². The van der Waals surface area contributed by atoms with E-state index in [4.69, 9.17) is 4.74 Å². The minimum atomic E-state index is -0.111. The fraction of sp³-hybridized carbons (Fsp3) is 0.923. The first-order chi connectivity index (χ1) is 8.20. The molecule has 98 valence electrons. The van der Waals surface area contributed by atoms with E-state index in [9.17, 15) is 4.79 Å². The molecule has 0 aliphatic carbocycles. The molecule has 2 rings (SSSR count). The highest BCUT2D eigenvalue weighted by Crippen LogP contribution is 2.34. The molecule has 4 unspecified atom stereocenters. The molecule has 2 heterocycles. The van der Waals surface area contributed by atoms with Crippen LogP contribution in [0.4, 0.5) is 0 Å². The van der Waals surface area contributed by atoms with E-state index in [0.29, 0.717) is 18.2 Å². The topological polar surface area (TPSA) is 50.4 Å². The summed E-state index contributed by atoms with van der Waals surface area (Å²) in [7, 11) is 0. The molecule has 0 radical (unpaired) electrons. The lowest BCUT2D eigenvalue weighted by Gasteiger charge is -2.24. The van der Waals surface area contributed by atoms with Gasteiger partial charge in [0.05, 0.1) is 18.2 Å². The maximum Gasteiger partial charge on any atom is 0.236 e. The Morgan fingerprint density at radius 3 is 2.88 bits per heavy atom. The summed E-state index contributed by atoms with van der Waals surface area (Å²) in [6, 6.07) is 0.264. The number of ether oxygens (including phenoxy) is 1. The van der Waals surface area contributed by atoms with E-state index in [-0.39, 0.29) is 11.9 Å². The third kappa shape index (κ3) is 3.19. The number of hydrogen-bond donors (Lipinski definition) is 2. The van der Waals surface area contributed by atoms with Gasteiger partial charge in [-0.1, -0.05) is 13.3 Å². The number of carbonyl (C=O) groups is 1. The second-order valence-corrected chi connectivity index (χ2v) is 5.25. The van der Waals surface area contributed by atoms with E-state index >= 15 is 0 Å². The Bertz CT molecular complexity index is 270. The van der Waals surface area contributed by atoms with Crippen molar-refractivity contribution in [3.8, 4) is 0 Å². The molecule has 0 spiro atoms. The van der Waals surface area contributed by atoms with Gasteiger partial charge < -0.3 is 15.4 Å². The van der Waals surface area contributed by atoms with Crippen molar-refractivity contribution in [3.63, 3.8) is 0 Å². The highest BCUT2D eigenvalue weighted by atomic mass is 16.5. The van der Waals surface area contributed by atoms with Crippen LogP contribution in [-0.4, -0.2) is 36.7 Å². The first-order valence-electron chi connectivity index (χ1n) is 6.90. The lowest BCUT2D eigenvalue weighted by Crippen LogP contribution is -2.49. The van der Waals surface area contributed by atoms with E-state index < -0.39 is 0 Å². The quantitative estimate of drug-likeness (QED) is 0.686. The zero-order chi connectivity index (χ0) is 12.3. The molecule has 0 aromatic heterocycles. The smallest absolute Gasteiger partial charge is 0.236 e. The van der Waals surface area contributed by atoms with Gasteiger partial charge in [-0.25, -0.2) is 0 Å². The zero-order valence-electron chi connectivity index (χ0n) is 10.9. The summed E-state index contributed by atoms with van der Waals surface area (Å²) >= 11 is 0. The van der Waals surface area contributed by atoms with Crippen molar-refractivity contribution in [2.45, 2.75) is 70.2 Å². The molecular weight excluding hydrogens is 216 g/mol. The van der Waals surface area contributed by atoms with Crippen LogP contribution in [0.1, 0.15) is 46.0 Å². The first-order valence-corrected chi connectivity index (χ1v) is 6.90. The Hall–Kier alpha value is -0.610. The molecule has 0 aromatic carbocycles. The average Bonchev–Trinajstić information content (AvgIpc) is 2.91. The molecular formula is C13H24N2O2. The summed E-state index contributed by atoms with van der Waals surface area (Å²) in [5.41, 5.74) is 0. The van der Waals surface area contributed by atoms with Crippen molar-refractivity contribution in [2.75, 3.05) is 6.54 Å². The minimum Gasteiger partial charge on any atom is -0.373 e. The maximum atomic E-state index is 11.8. The zero-order valence-corrected chi connectivity index (χ0v) is 10.9. The summed E-state index contributed by atoms with van der Waals surface area (Å²) < 4.78 is 5.77. The monoisotopic (exact) mass is 240 g/mol. The number of hydrogen-bond acceptors (Lipinski definition) is 3. The van der Waals surface area contributed by atoms with Crippen molar-refractivity contribution in [1.29, 1.82) is 0 Å². The lowest BCUT2D eigenvalue weighted by atomic mass is 9.95. The Morgan fingerprint density at radius 1 is 1.47 bits per heavy atom. The van der Waals surface area contributed by atoms with E-state index in [1.54, 1.807) is 0 Å². The molecule has 2 bridgehead atoms. The SMILES string of the molecule is CCCCNC(=O)C(C)NC1CC2CCC1O2. The van der Waals surface area contributed by atoms with Gasteiger partial charge in [-0.05, 0) is 32.6 Å². The summed E-state index contributed by atoms with van der Waals surface area (Å²) in [6.45, 7) is 4.85. The van der Waals surface area contributed by atoms with Crippen molar-refractivity contribution in [1.82, 2.24) is 10.6 Å². The minimum absolute atomic E-state index is 0.111. The second kappa shape index (κ2) is 5.83. The van der Waals surface area contributed by atoms with Crippen LogP contribution in [0.5, 0.6) is 0 Å². The van der Waals surface area contributed by atoms with Crippen LogP contribution in [0.25, 0.3) is 0 Å². The molecule has 2 aliphatic heterocycles. The van der Waals surface area contributed by atoms with E-state index in [1.807, 2.05) is 6.92 Å². The van der Waals surface area contributed by atoms with Gasteiger partial charge in [0.15, 0.2) is 0 Å². The van der Waals surface area contributed by atoms with E-state index in [0.717, 1.165) is 32.2 Å². The first kappa shape index (κ1) is 12.8. The van der Waals surface area contributed by atoms with Crippen LogP contribution in [0.2, 0.25) is 0 Å². The molecule has 0 saturated carbocycles. The Morgan fingerprint density at radius 2 is 2.29 bits per heavy atom. The van der Waals surface area contributed by atoms with Gasteiger partial charge in [-0.3, -0.25) is 4.79 Å². The fourth-order valence-electron chi connectivity index (χ4n) is 2.75.